The van der Waals surface area contributed by atoms with Gasteiger partial charge in [0.15, 0.2) is 5.82 Å². The van der Waals surface area contributed by atoms with Crippen LogP contribution in [0.3, 0.4) is 0 Å². The Morgan fingerprint density at radius 2 is 2.10 bits per heavy atom. The van der Waals surface area contributed by atoms with E-state index >= 15 is 0 Å². The van der Waals surface area contributed by atoms with E-state index in [1.165, 1.54) is 0 Å². The van der Waals surface area contributed by atoms with Crippen LogP contribution in [-0.4, -0.2) is 41.5 Å². The number of anilines is 3. The van der Waals surface area contributed by atoms with E-state index in [-0.39, 0.29) is 0 Å². The zero-order chi connectivity index (χ0) is 14.7. The lowest BCUT2D eigenvalue weighted by atomic mass is 10.2. The van der Waals surface area contributed by atoms with Gasteiger partial charge >= 0.3 is 0 Å². The quantitative estimate of drug-likeness (QED) is 0.939. The molecule has 21 heavy (non-hydrogen) atoms. The van der Waals surface area contributed by atoms with Crippen LogP contribution in [0, 0.1) is 6.92 Å². The van der Waals surface area contributed by atoms with Gasteiger partial charge in [-0.15, -0.1) is 5.10 Å². The minimum absolute atomic E-state index is 0.462. The van der Waals surface area contributed by atoms with Crippen molar-refractivity contribution in [2.24, 2.45) is 0 Å². The molecule has 6 nitrogen and oxygen atoms in total. The smallest absolute Gasteiger partial charge is 0.249 e. The molecular formula is C14H16ClN5O. The molecule has 0 saturated carbocycles. The van der Waals surface area contributed by atoms with Crippen LogP contribution in [0.2, 0.25) is 5.02 Å². The molecule has 1 N–H and O–H groups in total. The van der Waals surface area contributed by atoms with Crippen molar-refractivity contribution in [1.29, 1.82) is 0 Å². The predicted octanol–water partition coefficient (Wildman–Crippen LogP) is 2.41. The van der Waals surface area contributed by atoms with Gasteiger partial charge in [-0.3, -0.25) is 0 Å². The van der Waals surface area contributed by atoms with E-state index in [1.807, 2.05) is 25.1 Å². The second-order valence-corrected chi connectivity index (χ2v) is 5.18. The van der Waals surface area contributed by atoms with E-state index in [0.717, 1.165) is 30.2 Å². The number of nitrogens with zero attached hydrogens (tertiary/aromatic N) is 4. The largest absolute Gasteiger partial charge is 0.378 e. The Morgan fingerprint density at radius 3 is 2.90 bits per heavy atom. The molecule has 0 aliphatic carbocycles. The Kier molecular flexibility index (Phi) is 4.17. The van der Waals surface area contributed by atoms with Gasteiger partial charge in [-0.25, -0.2) is 0 Å². The molecule has 7 heteroatoms. The highest BCUT2D eigenvalue weighted by Crippen LogP contribution is 2.25. The molecule has 0 bridgehead atoms. The third-order valence-electron chi connectivity index (χ3n) is 3.40. The van der Waals surface area contributed by atoms with E-state index in [4.69, 9.17) is 16.3 Å². The second kappa shape index (κ2) is 6.24. The molecule has 1 aliphatic heterocycles. The monoisotopic (exact) mass is 305 g/mol. The van der Waals surface area contributed by atoms with Crippen LogP contribution in [0.5, 0.6) is 0 Å². The maximum absolute atomic E-state index is 6.11. The number of ether oxygens (including phenoxy) is 1. The molecule has 2 aromatic rings. The molecule has 1 aliphatic rings. The van der Waals surface area contributed by atoms with E-state index in [1.54, 1.807) is 6.20 Å². The third-order valence-corrected chi connectivity index (χ3v) is 3.80. The van der Waals surface area contributed by atoms with Crippen molar-refractivity contribution in [1.82, 2.24) is 15.2 Å². The fraction of sp³-hybridized carbons (Fsp3) is 0.357. The maximum atomic E-state index is 6.11. The summed E-state index contributed by atoms with van der Waals surface area (Å²) in [7, 11) is 0. The maximum Gasteiger partial charge on any atom is 0.249 e. The van der Waals surface area contributed by atoms with Crippen molar-refractivity contribution >= 4 is 29.1 Å². The summed E-state index contributed by atoms with van der Waals surface area (Å²) in [6.45, 7) is 4.99. The van der Waals surface area contributed by atoms with Gasteiger partial charge in [0, 0.05) is 23.8 Å². The number of nitrogens with one attached hydrogen (secondary N) is 1. The molecule has 0 radical (unpaired) electrons. The standard InChI is InChI=1S/C14H16ClN5O/c1-10-11(15)3-2-4-12(10)17-14-18-13(9-16-19-14)20-5-7-21-8-6-20/h2-4,9H,5-8H2,1H3,(H,17,18,19). The highest BCUT2D eigenvalue weighted by atomic mass is 35.5. The molecule has 1 aromatic heterocycles. The number of aromatic nitrogens is 3. The van der Waals surface area contributed by atoms with Gasteiger partial charge in [-0.1, -0.05) is 17.7 Å². The molecular weight excluding hydrogens is 290 g/mol. The van der Waals surface area contributed by atoms with E-state index in [0.29, 0.717) is 24.2 Å². The topological polar surface area (TPSA) is 63.2 Å². The van der Waals surface area contributed by atoms with Crippen LogP contribution in [0.25, 0.3) is 0 Å². The SMILES string of the molecule is Cc1c(Cl)cccc1Nc1nncc(N2CCOCC2)n1. The van der Waals surface area contributed by atoms with Crippen molar-refractivity contribution in [3.05, 3.63) is 35.0 Å². The van der Waals surface area contributed by atoms with Gasteiger partial charge in [0.25, 0.3) is 0 Å². The average Bonchev–Trinajstić information content (AvgIpc) is 2.53. The van der Waals surface area contributed by atoms with Gasteiger partial charge in [0.2, 0.25) is 5.95 Å². The van der Waals surface area contributed by atoms with E-state index in [9.17, 15) is 0 Å². The summed E-state index contributed by atoms with van der Waals surface area (Å²) in [6.07, 6.45) is 1.67. The Labute approximate surface area is 128 Å². The minimum Gasteiger partial charge on any atom is -0.378 e. The molecule has 2 heterocycles. The van der Waals surface area contributed by atoms with Gasteiger partial charge in [-0.05, 0) is 24.6 Å². The summed E-state index contributed by atoms with van der Waals surface area (Å²) in [5.41, 5.74) is 1.84. The summed E-state index contributed by atoms with van der Waals surface area (Å²) >= 11 is 6.11. The Hall–Kier alpha value is -1.92. The fourth-order valence-electron chi connectivity index (χ4n) is 2.16. The lowest BCUT2D eigenvalue weighted by molar-refractivity contribution is 0.122. The van der Waals surface area contributed by atoms with Crippen molar-refractivity contribution in [2.45, 2.75) is 6.92 Å². The molecule has 0 atom stereocenters. The minimum atomic E-state index is 0.462. The highest BCUT2D eigenvalue weighted by Gasteiger charge is 2.14. The lowest BCUT2D eigenvalue weighted by Gasteiger charge is -2.27. The zero-order valence-corrected chi connectivity index (χ0v) is 12.5. The van der Waals surface area contributed by atoms with Crippen molar-refractivity contribution in [2.75, 3.05) is 36.5 Å². The second-order valence-electron chi connectivity index (χ2n) is 4.77. The van der Waals surface area contributed by atoms with Gasteiger partial charge < -0.3 is 15.0 Å². The van der Waals surface area contributed by atoms with Crippen LogP contribution in [-0.2, 0) is 4.74 Å². The van der Waals surface area contributed by atoms with Crippen molar-refractivity contribution in [3.63, 3.8) is 0 Å². The first-order valence-corrected chi connectivity index (χ1v) is 7.16. The van der Waals surface area contributed by atoms with Gasteiger partial charge in [-0.2, -0.15) is 10.1 Å². The number of hydrogen-bond donors (Lipinski definition) is 1. The number of halogens is 1. The number of hydrogen-bond acceptors (Lipinski definition) is 6. The Bertz CT molecular complexity index is 631. The first-order valence-electron chi connectivity index (χ1n) is 6.78. The first-order chi connectivity index (χ1) is 10.2. The molecule has 1 fully saturated rings. The molecule has 110 valence electrons. The van der Waals surface area contributed by atoms with E-state index < -0.39 is 0 Å². The highest BCUT2D eigenvalue weighted by molar-refractivity contribution is 6.31. The van der Waals surface area contributed by atoms with E-state index in [2.05, 4.69) is 25.4 Å². The lowest BCUT2D eigenvalue weighted by Crippen LogP contribution is -2.37. The predicted molar refractivity (Wildman–Crippen MR) is 82.3 cm³/mol. The summed E-state index contributed by atoms with van der Waals surface area (Å²) in [5, 5.41) is 11.9. The van der Waals surface area contributed by atoms with Crippen LogP contribution >= 0.6 is 11.6 Å². The Balaban J connectivity index is 1.81. The molecule has 0 unspecified atom stereocenters. The zero-order valence-electron chi connectivity index (χ0n) is 11.7. The molecule has 0 amide bonds. The fourth-order valence-corrected chi connectivity index (χ4v) is 2.33. The molecule has 3 rings (SSSR count). The van der Waals surface area contributed by atoms with Crippen LogP contribution in [0.15, 0.2) is 24.4 Å². The Morgan fingerprint density at radius 1 is 1.29 bits per heavy atom. The summed E-state index contributed by atoms with van der Waals surface area (Å²) in [5.74, 6) is 1.26. The molecule has 0 spiro atoms. The summed E-state index contributed by atoms with van der Waals surface area (Å²) in [6, 6.07) is 5.67. The van der Waals surface area contributed by atoms with Gasteiger partial charge in [0.05, 0.1) is 19.4 Å². The number of rotatable bonds is 3. The number of morpholine rings is 1. The summed E-state index contributed by atoms with van der Waals surface area (Å²) in [4.78, 5) is 6.64. The first kappa shape index (κ1) is 14.0. The normalized spacial score (nSPS) is 15.0. The van der Waals surface area contributed by atoms with Crippen LogP contribution < -0.4 is 10.2 Å². The molecule has 1 aromatic carbocycles. The van der Waals surface area contributed by atoms with Crippen molar-refractivity contribution < 1.29 is 4.74 Å². The average molecular weight is 306 g/mol. The van der Waals surface area contributed by atoms with Gasteiger partial charge in [0.1, 0.15) is 0 Å². The van der Waals surface area contributed by atoms with Crippen molar-refractivity contribution in [3.8, 4) is 0 Å². The number of benzene rings is 1. The third kappa shape index (κ3) is 3.22. The summed E-state index contributed by atoms with van der Waals surface area (Å²) < 4.78 is 5.34. The van der Waals surface area contributed by atoms with Crippen LogP contribution in [0.4, 0.5) is 17.5 Å². The molecule has 1 saturated heterocycles. The van der Waals surface area contributed by atoms with Crippen LogP contribution in [0.1, 0.15) is 5.56 Å².